The quantitative estimate of drug-likeness (QED) is 0.499. The van der Waals surface area contributed by atoms with Crippen LogP contribution in [0.1, 0.15) is 0 Å². The van der Waals surface area contributed by atoms with Crippen LogP contribution in [0, 0.1) is 0 Å². The van der Waals surface area contributed by atoms with Gasteiger partial charge in [-0.3, -0.25) is 0 Å². The number of hydrogen-bond acceptors (Lipinski definition) is 2. The van der Waals surface area contributed by atoms with Crippen molar-refractivity contribution in [1.29, 1.82) is 0 Å². The third kappa shape index (κ3) is 0.874. The van der Waals surface area contributed by atoms with E-state index in [0.29, 0.717) is 6.04 Å². The molecule has 2 rings (SSSR count). The summed E-state index contributed by atoms with van der Waals surface area (Å²) >= 11 is 2.00. The van der Waals surface area contributed by atoms with Crippen LogP contribution in [0.25, 0.3) is 0 Å². The van der Waals surface area contributed by atoms with Crippen molar-refractivity contribution >= 4 is 11.8 Å². The molecule has 0 aliphatic carbocycles. The molecule has 1 saturated heterocycles. The second-order valence-corrected chi connectivity index (χ2v) is 3.31. The minimum Gasteiger partial charge on any atom is -0.361 e. The van der Waals surface area contributed by atoms with Crippen molar-refractivity contribution in [2.45, 2.75) is 6.04 Å². The van der Waals surface area contributed by atoms with Gasteiger partial charge in [0.05, 0.1) is 11.9 Å². The van der Waals surface area contributed by atoms with E-state index < -0.39 is 0 Å². The van der Waals surface area contributed by atoms with Crippen LogP contribution in [-0.4, -0.2) is 22.6 Å². The standard InChI is InChI=1S/C7H9NS/c1-2-4-8-6-9-5-7(8)3-1/h1-4,7H,5-6H2. The number of fused-ring (bicyclic) bond motifs is 1. The maximum absolute atomic E-state index is 2.37. The Morgan fingerprint density at radius 1 is 1.44 bits per heavy atom. The van der Waals surface area contributed by atoms with Gasteiger partial charge in [-0.1, -0.05) is 12.2 Å². The van der Waals surface area contributed by atoms with Gasteiger partial charge in [-0.05, 0) is 6.08 Å². The highest BCUT2D eigenvalue weighted by molar-refractivity contribution is 7.99. The molecule has 0 aromatic carbocycles. The predicted octanol–water partition coefficient (Wildman–Crippen LogP) is 1.44. The zero-order chi connectivity index (χ0) is 6.10. The second kappa shape index (κ2) is 2.10. The molecule has 1 nitrogen and oxygen atoms in total. The lowest BCUT2D eigenvalue weighted by atomic mass is 10.2. The van der Waals surface area contributed by atoms with Gasteiger partial charge in [0, 0.05) is 12.0 Å². The van der Waals surface area contributed by atoms with Gasteiger partial charge in [0.15, 0.2) is 0 Å². The molecule has 0 bridgehead atoms. The largest absolute Gasteiger partial charge is 0.361 e. The number of hydrogen-bond donors (Lipinski definition) is 0. The number of rotatable bonds is 0. The van der Waals surface area contributed by atoms with Crippen molar-refractivity contribution in [3.05, 3.63) is 24.4 Å². The molecule has 2 aliphatic rings. The molecule has 0 aromatic rings. The van der Waals surface area contributed by atoms with Crippen molar-refractivity contribution in [3.8, 4) is 0 Å². The van der Waals surface area contributed by atoms with Gasteiger partial charge in [0.25, 0.3) is 0 Å². The second-order valence-electron chi connectivity index (χ2n) is 2.31. The van der Waals surface area contributed by atoms with Crippen LogP contribution in [0.15, 0.2) is 24.4 Å². The Morgan fingerprint density at radius 2 is 2.44 bits per heavy atom. The first-order chi connectivity index (χ1) is 4.47. The zero-order valence-electron chi connectivity index (χ0n) is 5.16. The Hall–Kier alpha value is -0.370. The van der Waals surface area contributed by atoms with Crippen LogP contribution in [-0.2, 0) is 0 Å². The van der Waals surface area contributed by atoms with Crippen LogP contribution in [0.5, 0.6) is 0 Å². The van der Waals surface area contributed by atoms with E-state index in [1.165, 1.54) is 11.6 Å². The van der Waals surface area contributed by atoms with Crippen molar-refractivity contribution in [2.24, 2.45) is 0 Å². The third-order valence-corrected chi connectivity index (χ3v) is 2.73. The Morgan fingerprint density at radius 3 is 3.33 bits per heavy atom. The summed E-state index contributed by atoms with van der Waals surface area (Å²) in [5, 5.41) is 0. The average Bonchev–Trinajstić information content (AvgIpc) is 2.33. The van der Waals surface area contributed by atoms with E-state index in [2.05, 4.69) is 29.3 Å². The van der Waals surface area contributed by atoms with Crippen LogP contribution in [0.2, 0.25) is 0 Å². The lowest BCUT2D eigenvalue weighted by Crippen LogP contribution is -2.24. The van der Waals surface area contributed by atoms with Gasteiger partial charge in [0.2, 0.25) is 0 Å². The summed E-state index contributed by atoms with van der Waals surface area (Å²) in [4.78, 5) is 2.37. The molecular formula is C7H9NS. The van der Waals surface area contributed by atoms with E-state index in [1.54, 1.807) is 0 Å². The van der Waals surface area contributed by atoms with Crippen LogP contribution in [0.4, 0.5) is 0 Å². The molecule has 9 heavy (non-hydrogen) atoms. The van der Waals surface area contributed by atoms with Crippen LogP contribution in [0.3, 0.4) is 0 Å². The molecule has 0 amide bonds. The Kier molecular flexibility index (Phi) is 1.27. The van der Waals surface area contributed by atoms with E-state index in [4.69, 9.17) is 0 Å². The molecule has 0 N–H and O–H groups in total. The fourth-order valence-corrected chi connectivity index (χ4v) is 2.28. The third-order valence-electron chi connectivity index (χ3n) is 1.68. The van der Waals surface area contributed by atoms with Crippen LogP contribution < -0.4 is 0 Å². The van der Waals surface area contributed by atoms with E-state index >= 15 is 0 Å². The highest BCUT2D eigenvalue weighted by atomic mass is 32.2. The predicted molar refractivity (Wildman–Crippen MR) is 41.2 cm³/mol. The van der Waals surface area contributed by atoms with Gasteiger partial charge in [-0.2, -0.15) is 0 Å². The van der Waals surface area contributed by atoms with Crippen molar-refractivity contribution in [2.75, 3.05) is 11.6 Å². The molecule has 1 fully saturated rings. The molecule has 0 spiro atoms. The monoisotopic (exact) mass is 139 g/mol. The first kappa shape index (κ1) is 5.42. The van der Waals surface area contributed by atoms with Crippen molar-refractivity contribution in [3.63, 3.8) is 0 Å². The molecule has 1 unspecified atom stereocenters. The summed E-state index contributed by atoms with van der Waals surface area (Å²) < 4.78 is 0. The zero-order valence-corrected chi connectivity index (χ0v) is 5.97. The smallest absolute Gasteiger partial charge is 0.0641 e. The summed E-state index contributed by atoms with van der Waals surface area (Å²) in [6.45, 7) is 0. The summed E-state index contributed by atoms with van der Waals surface area (Å²) in [6.07, 6.45) is 8.67. The lowest BCUT2D eigenvalue weighted by Gasteiger charge is -2.20. The first-order valence-electron chi connectivity index (χ1n) is 3.15. The van der Waals surface area contributed by atoms with Gasteiger partial charge < -0.3 is 4.90 Å². The molecule has 0 radical (unpaired) electrons. The molecule has 2 heterocycles. The maximum Gasteiger partial charge on any atom is 0.0641 e. The van der Waals surface area contributed by atoms with Crippen LogP contribution >= 0.6 is 11.8 Å². The van der Waals surface area contributed by atoms with Crippen molar-refractivity contribution in [1.82, 2.24) is 4.90 Å². The Bertz CT molecular complexity index is 144. The summed E-state index contributed by atoms with van der Waals surface area (Å²) in [7, 11) is 0. The van der Waals surface area contributed by atoms with Gasteiger partial charge in [0.1, 0.15) is 0 Å². The molecule has 0 aromatic heterocycles. The summed E-state index contributed by atoms with van der Waals surface area (Å²) in [6, 6.07) is 0.694. The summed E-state index contributed by atoms with van der Waals surface area (Å²) in [5.41, 5.74) is 0. The number of allylic oxidation sites excluding steroid dienone is 2. The van der Waals surface area contributed by atoms with Gasteiger partial charge >= 0.3 is 0 Å². The Balaban J connectivity index is 2.18. The molecule has 2 heteroatoms. The average molecular weight is 139 g/mol. The van der Waals surface area contributed by atoms with Gasteiger partial charge in [-0.25, -0.2) is 0 Å². The first-order valence-corrected chi connectivity index (χ1v) is 4.31. The maximum atomic E-state index is 2.37. The topological polar surface area (TPSA) is 3.24 Å². The molecule has 48 valence electrons. The molecule has 0 saturated carbocycles. The minimum atomic E-state index is 0.694. The highest BCUT2D eigenvalue weighted by Crippen LogP contribution is 2.23. The fraction of sp³-hybridized carbons (Fsp3) is 0.429. The van der Waals surface area contributed by atoms with Crippen molar-refractivity contribution < 1.29 is 0 Å². The molecular weight excluding hydrogens is 130 g/mol. The van der Waals surface area contributed by atoms with Gasteiger partial charge in [-0.15, -0.1) is 11.8 Å². The minimum absolute atomic E-state index is 0.694. The normalized spacial score (nSPS) is 31.1. The Labute approximate surface area is 59.4 Å². The highest BCUT2D eigenvalue weighted by Gasteiger charge is 2.19. The fourth-order valence-electron chi connectivity index (χ4n) is 1.14. The lowest BCUT2D eigenvalue weighted by molar-refractivity contribution is 0.413. The number of thioether (sulfide) groups is 1. The van der Waals surface area contributed by atoms with E-state index in [0.717, 1.165) is 0 Å². The molecule has 2 aliphatic heterocycles. The number of nitrogens with zero attached hydrogens (tertiary/aromatic N) is 1. The summed E-state index contributed by atoms with van der Waals surface area (Å²) in [5.74, 6) is 2.44. The van der Waals surface area contributed by atoms with E-state index in [-0.39, 0.29) is 0 Å². The SMILES string of the molecule is C1=CC2CSCN2C=C1. The van der Waals surface area contributed by atoms with E-state index in [9.17, 15) is 0 Å². The van der Waals surface area contributed by atoms with E-state index in [1.807, 2.05) is 11.8 Å². The molecule has 1 atom stereocenters.